The van der Waals surface area contributed by atoms with E-state index in [9.17, 15) is 0 Å². The Balaban J connectivity index is 2.34. The second-order valence-corrected chi connectivity index (χ2v) is 3.66. The van der Waals surface area contributed by atoms with Gasteiger partial charge in [0, 0.05) is 0 Å². The molecule has 1 heterocycles. The molecule has 0 spiro atoms. The Kier molecular flexibility index (Phi) is 3.30. The summed E-state index contributed by atoms with van der Waals surface area (Å²) in [4.78, 5) is 7.93. The molecule has 0 aliphatic rings. The smallest absolute Gasteiger partial charge is 0.242 e. The molecule has 17 heavy (non-hydrogen) atoms. The fourth-order valence-corrected chi connectivity index (χ4v) is 1.51. The van der Waals surface area contributed by atoms with Gasteiger partial charge in [0.25, 0.3) is 0 Å². The quantitative estimate of drug-likeness (QED) is 0.875. The maximum absolute atomic E-state index is 6.02. The molecule has 0 amide bonds. The number of halogens is 1. The number of nitrogens with one attached hydrogen (secondary N) is 1. The minimum atomic E-state index is 0.328. The molecule has 0 saturated heterocycles. The van der Waals surface area contributed by atoms with E-state index in [1.54, 1.807) is 6.07 Å². The monoisotopic (exact) mass is 250 g/mol. The number of nitrogens with zero attached hydrogens (tertiary/aromatic N) is 2. The largest absolute Gasteiger partial charge is 0.479 e. The van der Waals surface area contributed by atoms with Gasteiger partial charge in [0.05, 0.1) is 17.8 Å². The number of hydrogen-bond acceptors (Lipinski definition) is 5. The molecule has 1 aromatic heterocycles. The van der Waals surface area contributed by atoms with Crippen LogP contribution >= 0.6 is 11.6 Å². The molecule has 0 bridgehead atoms. The van der Waals surface area contributed by atoms with Crippen LogP contribution in [0.25, 0.3) is 0 Å². The number of rotatable bonds is 3. The van der Waals surface area contributed by atoms with Gasteiger partial charge in [0.15, 0.2) is 5.82 Å². The molecule has 88 valence electrons. The summed E-state index contributed by atoms with van der Waals surface area (Å²) < 4.78 is 5.00. The number of hydrogen-bond donors (Lipinski definition) is 2. The van der Waals surface area contributed by atoms with Gasteiger partial charge in [-0.05, 0) is 12.1 Å². The standard InChI is InChI=1S/C11H11ClN4O/c1-17-11-9(13)10(14-6-15-11)16-8-5-3-2-4-7(8)12/h2-6H,13H2,1H3,(H,14,15,16). The van der Waals surface area contributed by atoms with E-state index in [1.807, 2.05) is 18.2 Å². The van der Waals surface area contributed by atoms with Crippen LogP contribution in [-0.2, 0) is 0 Å². The summed E-state index contributed by atoms with van der Waals surface area (Å²) in [5.74, 6) is 0.791. The SMILES string of the molecule is COc1ncnc(Nc2ccccc2Cl)c1N. The number of nitrogen functional groups attached to an aromatic ring is 1. The van der Waals surface area contributed by atoms with Crippen molar-refractivity contribution in [2.24, 2.45) is 0 Å². The van der Waals surface area contributed by atoms with Crippen LogP contribution in [0.3, 0.4) is 0 Å². The van der Waals surface area contributed by atoms with Crippen molar-refractivity contribution in [2.75, 3.05) is 18.2 Å². The van der Waals surface area contributed by atoms with Crippen LogP contribution in [-0.4, -0.2) is 17.1 Å². The lowest BCUT2D eigenvalue weighted by Gasteiger charge is -2.10. The fourth-order valence-electron chi connectivity index (χ4n) is 1.33. The Labute approximate surface area is 104 Å². The van der Waals surface area contributed by atoms with Gasteiger partial charge in [0.1, 0.15) is 12.0 Å². The van der Waals surface area contributed by atoms with Crippen LogP contribution in [0.15, 0.2) is 30.6 Å². The molecule has 0 aliphatic carbocycles. The van der Waals surface area contributed by atoms with E-state index in [0.717, 1.165) is 5.69 Å². The molecule has 0 aliphatic heterocycles. The van der Waals surface area contributed by atoms with Crippen LogP contribution in [0, 0.1) is 0 Å². The molecular weight excluding hydrogens is 240 g/mol. The summed E-state index contributed by atoms with van der Waals surface area (Å²) in [5.41, 5.74) is 6.90. The van der Waals surface area contributed by atoms with E-state index >= 15 is 0 Å². The molecule has 0 saturated carbocycles. The van der Waals surface area contributed by atoms with Gasteiger partial charge >= 0.3 is 0 Å². The van der Waals surface area contributed by atoms with Crippen molar-refractivity contribution in [1.29, 1.82) is 0 Å². The van der Waals surface area contributed by atoms with Crippen LogP contribution in [0.2, 0.25) is 5.02 Å². The van der Waals surface area contributed by atoms with Crippen LogP contribution in [0.1, 0.15) is 0 Å². The average Bonchev–Trinajstić information content (AvgIpc) is 2.34. The molecule has 0 fully saturated rings. The number of methoxy groups -OCH3 is 1. The van der Waals surface area contributed by atoms with Crippen LogP contribution in [0.5, 0.6) is 5.88 Å². The third-order valence-electron chi connectivity index (χ3n) is 2.17. The number of para-hydroxylation sites is 1. The minimum absolute atomic E-state index is 0.328. The van der Waals surface area contributed by atoms with Crippen LogP contribution in [0.4, 0.5) is 17.2 Å². The highest BCUT2D eigenvalue weighted by Crippen LogP contribution is 2.29. The number of benzene rings is 1. The normalized spacial score (nSPS) is 10.0. The van der Waals surface area contributed by atoms with E-state index < -0.39 is 0 Å². The maximum atomic E-state index is 6.02. The van der Waals surface area contributed by atoms with E-state index in [-0.39, 0.29) is 0 Å². The zero-order chi connectivity index (χ0) is 12.3. The van der Waals surface area contributed by atoms with Gasteiger partial charge < -0.3 is 15.8 Å². The maximum Gasteiger partial charge on any atom is 0.242 e. The molecule has 0 unspecified atom stereocenters. The molecule has 5 nitrogen and oxygen atoms in total. The summed E-state index contributed by atoms with van der Waals surface area (Å²) in [6.07, 6.45) is 1.37. The lowest BCUT2D eigenvalue weighted by molar-refractivity contribution is 0.399. The predicted molar refractivity (Wildman–Crippen MR) is 67.7 cm³/mol. The highest BCUT2D eigenvalue weighted by atomic mass is 35.5. The third kappa shape index (κ3) is 2.39. The first-order valence-corrected chi connectivity index (χ1v) is 5.26. The second kappa shape index (κ2) is 4.88. The van der Waals surface area contributed by atoms with Gasteiger partial charge in [-0.2, -0.15) is 4.98 Å². The number of aromatic nitrogens is 2. The lowest BCUT2D eigenvalue weighted by atomic mass is 10.3. The molecule has 2 rings (SSSR count). The van der Waals surface area contributed by atoms with Crippen molar-refractivity contribution in [2.45, 2.75) is 0 Å². The predicted octanol–water partition coefficient (Wildman–Crippen LogP) is 2.46. The first-order chi connectivity index (χ1) is 8.22. The molecule has 0 atom stereocenters. The van der Waals surface area contributed by atoms with Crippen LogP contribution < -0.4 is 15.8 Å². The van der Waals surface area contributed by atoms with Crippen molar-refractivity contribution in [1.82, 2.24) is 9.97 Å². The summed E-state index contributed by atoms with van der Waals surface area (Å²) in [6, 6.07) is 7.31. The minimum Gasteiger partial charge on any atom is -0.479 e. The van der Waals surface area contributed by atoms with E-state index in [1.165, 1.54) is 13.4 Å². The zero-order valence-electron chi connectivity index (χ0n) is 9.14. The second-order valence-electron chi connectivity index (χ2n) is 3.25. The fraction of sp³-hybridized carbons (Fsp3) is 0.0909. The van der Waals surface area contributed by atoms with E-state index in [4.69, 9.17) is 22.1 Å². The Morgan fingerprint density at radius 1 is 1.29 bits per heavy atom. The molecular formula is C11H11ClN4O. The summed E-state index contributed by atoms with van der Waals surface area (Å²) in [6.45, 7) is 0. The summed E-state index contributed by atoms with van der Waals surface area (Å²) in [5, 5.41) is 3.61. The highest BCUT2D eigenvalue weighted by molar-refractivity contribution is 6.33. The van der Waals surface area contributed by atoms with Gasteiger partial charge in [0.2, 0.25) is 5.88 Å². The average molecular weight is 251 g/mol. The first kappa shape index (κ1) is 11.5. The molecule has 6 heteroatoms. The Morgan fingerprint density at radius 3 is 2.76 bits per heavy atom. The summed E-state index contributed by atoms with van der Waals surface area (Å²) in [7, 11) is 1.50. The topological polar surface area (TPSA) is 73.1 Å². The van der Waals surface area contributed by atoms with Crippen molar-refractivity contribution in [3.8, 4) is 5.88 Å². The highest BCUT2D eigenvalue weighted by Gasteiger charge is 2.09. The van der Waals surface area contributed by atoms with Gasteiger partial charge in [-0.1, -0.05) is 23.7 Å². The molecule has 1 aromatic carbocycles. The number of anilines is 3. The van der Waals surface area contributed by atoms with Crippen molar-refractivity contribution >= 4 is 28.8 Å². The van der Waals surface area contributed by atoms with Crippen molar-refractivity contribution in [3.05, 3.63) is 35.6 Å². The molecule has 2 aromatic rings. The molecule has 3 N–H and O–H groups in total. The van der Waals surface area contributed by atoms with Crippen molar-refractivity contribution < 1.29 is 4.74 Å². The number of nitrogens with two attached hydrogens (primary N) is 1. The molecule has 0 radical (unpaired) electrons. The zero-order valence-corrected chi connectivity index (χ0v) is 9.90. The van der Waals surface area contributed by atoms with Crippen molar-refractivity contribution in [3.63, 3.8) is 0 Å². The van der Waals surface area contributed by atoms with Gasteiger partial charge in [-0.15, -0.1) is 0 Å². The van der Waals surface area contributed by atoms with E-state index in [0.29, 0.717) is 22.4 Å². The van der Waals surface area contributed by atoms with Gasteiger partial charge in [-0.25, -0.2) is 4.98 Å². The number of ether oxygens (including phenoxy) is 1. The third-order valence-corrected chi connectivity index (χ3v) is 2.50. The van der Waals surface area contributed by atoms with E-state index in [2.05, 4.69) is 15.3 Å². The van der Waals surface area contributed by atoms with Gasteiger partial charge in [-0.3, -0.25) is 0 Å². The summed E-state index contributed by atoms with van der Waals surface area (Å²) >= 11 is 6.02. The Hall–Kier alpha value is -2.01. The Morgan fingerprint density at radius 2 is 2.06 bits per heavy atom. The lowest BCUT2D eigenvalue weighted by Crippen LogP contribution is -2.03. The first-order valence-electron chi connectivity index (χ1n) is 4.88. The Bertz CT molecular complexity index is 533.